The maximum Gasteiger partial charge on any atom is 0.413 e. The normalized spacial score (nSPS) is 13.7. The molecule has 190 valence electrons. The molecule has 36 heavy (non-hydrogen) atoms. The first-order valence-electron chi connectivity index (χ1n) is 11.5. The number of rotatable bonds is 7. The molecule has 4 rings (SSSR count). The van der Waals surface area contributed by atoms with Crippen LogP contribution in [0.3, 0.4) is 0 Å². The molecule has 0 spiro atoms. The summed E-state index contributed by atoms with van der Waals surface area (Å²) >= 11 is 7.65. The maximum atomic E-state index is 12.8. The molecule has 2 aromatic heterocycles. The highest BCUT2D eigenvalue weighted by molar-refractivity contribution is 7.12. The Bertz CT molecular complexity index is 1280. The van der Waals surface area contributed by atoms with Gasteiger partial charge >= 0.3 is 6.09 Å². The van der Waals surface area contributed by atoms with Crippen LogP contribution in [0.25, 0.3) is 0 Å². The van der Waals surface area contributed by atoms with E-state index in [2.05, 4.69) is 37.7 Å². The van der Waals surface area contributed by atoms with Crippen molar-refractivity contribution in [3.8, 4) is 5.06 Å². The fraction of sp³-hybridized carbons (Fsp3) is 0.333. The summed E-state index contributed by atoms with van der Waals surface area (Å²) in [7, 11) is 1.49. The van der Waals surface area contributed by atoms with Crippen molar-refractivity contribution in [2.24, 2.45) is 0 Å². The van der Waals surface area contributed by atoms with Gasteiger partial charge in [0.25, 0.3) is 0 Å². The van der Waals surface area contributed by atoms with Gasteiger partial charge in [0.1, 0.15) is 5.02 Å². The van der Waals surface area contributed by atoms with E-state index >= 15 is 0 Å². The van der Waals surface area contributed by atoms with Crippen LogP contribution in [0.5, 0.6) is 5.06 Å². The van der Waals surface area contributed by atoms with Crippen LogP contribution in [-0.4, -0.2) is 53.6 Å². The molecule has 0 unspecified atom stereocenters. The number of thiophene rings is 1. The van der Waals surface area contributed by atoms with Gasteiger partial charge in [0.15, 0.2) is 5.82 Å². The standard InChI is InChI=1S/C24H28ClN7O3S/c1-5-31-11-15-7-8-16(9-18(15)32(6-2)19(33)12-31)28-23-27-10-17(25)21(30-23)29-20-14(3)13-36-22(20)35-24(34)26-4/h7-10,13H,5-6,11-12H2,1-4H3,(H,26,34)(H2,27,28,29,30). The van der Waals surface area contributed by atoms with Crippen LogP contribution in [0.4, 0.5) is 33.6 Å². The van der Waals surface area contributed by atoms with E-state index in [-0.39, 0.29) is 5.91 Å². The molecular formula is C24H28ClN7O3S. The van der Waals surface area contributed by atoms with Crippen molar-refractivity contribution in [1.29, 1.82) is 0 Å². The fourth-order valence-corrected chi connectivity index (χ4v) is 4.84. The first kappa shape index (κ1) is 25.7. The minimum atomic E-state index is -0.569. The second-order valence-electron chi connectivity index (χ2n) is 8.15. The van der Waals surface area contributed by atoms with Crippen LogP contribution in [0.1, 0.15) is 25.0 Å². The van der Waals surface area contributed by atoms with Crippen LogP contribution >= 0.6 is 22.9 Å². The Morgan fingerprint density at radius 2 is 2.03 bits per heavy atom. The van der Waals surface area contributed by atoms with Crippen LogP contribution in [0.2, 0.25) is 5.02 Å². The lowest BCUT2D eigenvalue weighted by Gasteiger charge is -2.21. The summed E-state index contributed by atoms with van der Waals surface area (Å²) in [6, 6.07) is 5.91. The summed E-state index contributed by atoms with van der Waals surface area (Å²) in [6.07, 6.45) is 0.922. The summed E-state index contributed by atoms with van der Waals surface area (Å²) in [5.41, 5.74) is 4.18. The summed E-state index contributed by atoms with van der Waals surface area (Å²) in [5, 5.41) is 11.4. The molecule has 0 saturated heterocycles. The number of nitrogens with one attached hydrogen (secondary N) is 3. The predicted molar refractivity (Wildman–Crippen MR) is 143 cm³/mol. The van der Waals surface area contributed by atoms with Gasteiger partial charge in [-0.3, -0.25) is 9.69 Å². The molecule has 10 nitrogen and oxygen atoms in total. The first-order chi connectivity index (χ1) is 17.3. The average Bonchev–Trinajstić information content (AvgIpc) is 3.13. The molecule has 0 aliphatic carbocycles. The Morgan fingerprint density at radius 3 is 2.75 bits per heavy atom. The molecule has 2 amide bonds. The Kier molecular flexibility index (Phi) is 7.92. The van der Waals surface area contributed by atoms with Crippen molar-refractivity contribution in [3.05, 3.63) is 45.9 Å². The number of amides is 2. The van der Waals surface area contributed by atoms with E-state index in [1.807, 2.05) is 37.4 Å². The molecule has 12 heteroatoms. The van der Waals surface area contributed by atoms with Crippen LogP contribution in [-0.2, 0) is 11.3 Å². The SMILES string of the molecule is CCN1CC(=O)N(CC)c2cc(Nc3ncc(Cl)c(Nc4c(C)csc4OC(=O)NC)n3)ccc2C1. The van der Waals surface area contributed by atoms with Crippen molar-refractivity contribution in [3.63, 3.8) is 0 Å². The minimum absolute atomic E-state index is 0.0744. The third kappa shape index (κ3) is 5.53. The molecule has 3 heterocycles. The van der Waals surface area contributed by atoms with E-state index in [1.54, 1.807) is 4.90 Å². The third-order valence-electron chi connectivity index (χ3n) is 5.77. The lowest BCUT2D eigenvalue weighted by Crippen LogP contribution is -2.37. The molecule has 0 saturated carbocycles. The topological polar surface area (TPSA) is 112 Å². The summed E-state index contributed by atoms with van der Waals surface area (Å²) in [4.78, 5) is 37.3. The number of anilines is 5. The van der Waals surface area contributed by atoms with Crippen molar-refractivity contribution >= 4 is 63.8 Å². The Balaban J connectivity index is 1.60. The highest BCUT2D eigenvalue weighted by Crippen LogP contribution is 2.39. The second-order valence-corrected chi connectivity index (χ2v) is 9.40. The highest BCUT2D eigenvalue weighted by Gasteiger charge is 2.25. The van der Waals surface area contributed by atoms with Crippen molar-refractivity contribution in [1.82, 2.24) is 20.2 Å². The predicted octanol–water partition coefficient (Wildman–Crippen LogP) is 4.89. The number of aryl methyl sites for hydroxylation is 1. The highest BCUT2D eigenvalue weighted by atomic mass is 35.5. The van der Waals surface area contributed by atoms with Crippen LogP contribution in [0.15, 0.2) is 29.8 Å². The summed E-state index contributed by atoms with van der Waals surface area (Å²) < 4.78 is 5.33. The Hall–Kier alpha value is -3.41. The zero-order chi connectivity index (χ0) is 25.8. The van der Waals surface area contributed by atoms with Gasteiger partial charge in [0.05, 0.1) is 24.1 Å². The molecule has 1 aromatic carbocycles. The number of nitrogens with zero attached hydrogens (tertiary/aromatic N) is 4. The lowest BCUT2D eigenvalue weighted by molar-refractivity contribution is -0.119. The van der Waals surface area contributed by atoms with E-state index in [9.17, 15) is 9.59 Å². The Labute approximate surface area is 218 Å². The van der Waals surface area contributed by atoms with Crippen LogP contribution < -0.4 is 25.6 Å². The Morgan fingerprint density at radius 1 is 1.22 bits per heavy atom. The number of hydrogen-bond donors (Lipinski definition) is 3. The molecule has 0 bridgehead atoms. The van der Waals surface area contributed by atoms with Gasteiger partial charge in [-0.1, -0.05) is 24.6 Å². The quantitative estimate of drug-likeness (QED) is 0.396. The molecule has 3 N–H and O–H groups in total. The number of ether oxygens (including phenoxy) is 1. The number of likely N-dealkylation sites (N-methyl/N-ethyl adjacent to an activating group) is 2. The summed E-state index contributed by atoms with van der Waals surface area (Å²) in [6.45, 7) is 8.40. The number of aromatic nitrogens is 2. The van der Waals surface area contributed by atoms with Gasteiger partial charge in [-0.25, -0.2) is 9.78 Å². The van der Waals surface area contributed by atoms with E-state index < -0.39 is 6.09 Å². The largest absolute Gasteiger partial charge is 0.413 e. The average molecular weight is 530 g/mol. The third-order valence-corrected chi connectivity index (χ3v) is 7.02. The number of fused-ring (bicyclic) bond motifs is 1. The monoisotopic (exact) mass is 529 g/mol. The van der Waals surface area contributed by atoms with Gasteiger partial charge in [-0.05, 0) is 49.0 Å². The zero-order valence-electron chi connectivity index (χ0n) is 20.5. The van der Waals surface area contributed by atoms with E-state index in [1.165, 1.54) is 24.6 Å². The van der Waals surface area contributed by atoms with Gasteiger partial charge in [0, 0.05) is 25.8 Å². The van der Waals surface area contributed by atoms with Crippen molar-refractivity contribution in [2.75, 3.05) is 42.2 Å². The van der Waals surface area contributed by atoms with Gasteiger partial charge in [-0.2, -0.15) is 4.98 Å². The zero-order valence-corrected chi connectivity index (χ0v) is 22.1. The molecule has 0 fully saturated rings. The smallest absolute Gasteiger partial charge is 0.397 e. The van der Waals surface area contributed by atoms with E-state index in [0.29, 0.717) is 47.2 Å². The number of hydrogen-bond acceptors (Lipinski definition) is 9. The molecule has 1 aliphatic rings. The van der Waals surface area contributed by atoms with E-state index in [0.717, 1.165) is 29.0 Å². The van der Waals surface area contributed by atoms with Crippen molar-refractivity contribution in [2.45, 2.75) is 27.3 Å². The minimum Gasteiger partial charge on any atom is -0.397 e. The van der Waals surface area contributed by atoms with Gasteiger partial charge in [0.2, 0.25) is 16.9 Å². The van der Waals surface area contributed by atoms with Crippen LogP contribution in [0, 0.1) is 6.92 Å². The number of benzene rings is 1. The van der Waals surface area contributed by atoms with Crippen molar-refractivity contribution < 1.29 is 14.3 Å². The molecule has 0 radical (unpaired) electrons. The molecule has 1 aliphatic heterocycles. The number of halogens is 1. The fourth-order valence-electron chi connectivity index (χ4n) is 3.85. The molecule has 3 aromatic rings. The van der Waals surface area contributed by atoms with Gasteiger partial charge < -0.3 is 25.6 Å². The molecular weight excluding hydrogens is 502 g/mol. The maximum absolute atomic E-state index is 12.8. The first-order valence-corrected chi connectivity index (χ1v) is 12.8. The summed E-state index contributed by atoms with van der Waals surface area (Å²) in [5.74, 6) is 0.753. The van der Waals surface area contributed by atoms with E-state index in [4.69, 9.17) is 16.3 Å². The molecule has 0 atom stereocenters. The number of carbonyl (C=O) groups excluding carboxylic acids is 2. The second kappa shape index (κ2) is 11.1. The van der Waals surface area contributed by atoms with Gasteiger partial charge in [-0.15, -0.1) is 11.3 Å². The lowest BCUT2D eigenvalue weighted by atomic mass is 10.1. The number of carbonyl (C=O) groups is 2.